The molecule has 1 aliphatic heterocycles. The number of amides is 2. The Balaban J connectivity index is 1.63. The van der Waals surface area contributed by atoms with E-state index in [-0.39, 0.29) is 6.03 Å². The second-order valence-electron chi connectivity index (χ2n) is 5.16. The summed E-state index contributed by atoms with van der Waals surface area (Å²) in [6, 6.07) is 15.8. The average Bonchev–Trinajstić information content (AvgIpc) is 2.54. The molecule has 0 fully saturated rings. The van der Waals surface area contributed by atoms with Gasteiger partial charge in [0.15, 0.2) is 0 Å². The molecule has 1 heterocycles. The highest BCUT2D eigenvalue weighted by molar-refractivity contribution is 5.90. The highest BCUT2D eigenvalue weighted by Crippen LogP contribution is 2.22. The SMILES string of the molecule is O=C(NCc1ccccc1)Nc1cccc2c1CNCC2. The molecule has 0 saturated carbocycles. The van der Waals surface area contributed by atoms with Crippen LogP contribution in [0.3, 0.4) is 0 Å². The number of rotatable bonds is 3. The van der Waals surface area contributed by atoms with E-state index in [1.54, 1.807) is 0 Å². The van der Waals surface area contributed by atoms with Crippen molar-refractivity contribution in [1.82, 2.24) is 10.6 Å². The minimum Gasteiger partial charge on any atom is -0.334 e. The first-order chi connectivity index (χ1) is 10.3. The van der Waals surface area contributed by atoms with Crippen LogP contribution in [0.15, 0.2) is 48.5 Å². The zero-order chi connectivity index (χ0) is 14.5. The Kier molecular flexibility index (Phi) is 4.17. The minimum atomic E-state index is -0.169. The van der Waals surface area contributed by atoms with Crippen LogP contribution < -0.4 is 16.0 Å². The van der Waals surface area contributed by atoms with Gasteiger partial charge in [-0.05, 0) is 35.7 Å². The summed E-state index contributed by atoms with van der Waals surface area (Å²) in [5.74, 6) is 0. The molecule has 0 saturated heterocycles. The molecule has 108 valence electrons. The molecule has 0 aliphatic carbocycles. The highest BCUT2D eigenvalue weighted by Gasteiger charge is 2.13. The van der Waals surface area contributed by atoms with Crippen molar-refractivity contribution in [3.8, 4) is 0 Å². The fourth-order valence-corrected chi connectivity index (χ4v) is 2.58. The Morgan fingerprint density at radius 1 is 1.10 bits per heavy atom. The smallest absolute Gasteiger partial charge is 0.319 e. The molecule has 0 spiro atoms. The Labute approximate surface area is 124 Å². The third-order valence-electron chi connectivity index (χ3n) is 3.69. The maximum atomic E-state index is 12.0. The quantitative estimate of drug-likeness (QED) is 0.810. The molecule has 0 radical (unpaired) electrons. The van der Waals surface area contributed by atoms with Crippen LogP contribution in [0.25, 0.3) is 0 Å². The van der Waals surface area contributed by atoms with E-state index in [4.69, 9.17) is 0 Å². The van der Waals surface area contributed by atoms with Crippen molar-refractivity contribution in [2.24, 2.45) is 0 Å². The van der Waals surface area contributed by atoms with Crippen molar-refractivity contribution in [2.45, 2.75) is 19.5 Å². The second-order valence-corrected chi connectivity index (χ2v) is 5.16. The number of benzene rings is 2. The minimum absolute atomic E-state index is 0.169. The second kappa shape index (κ2) is 6.41. The molecular weight excluding hydrogens is 262 g/mol. The van der Waals surface area contributed by atoms with Gasteiger partial charge in [0.05, 0.1) is 0 Å². The van der Waals surface area contributed by atoms with E-state index in [0.29, 0.717) is 6.54 Å². The molecule has 4 heteroatoms. The monoisotopic (exact) mass is 281 g/mol. The number of urea groups is 1. The molecule has 4 nitrogen and oxygen atoms in total. The number of carbonyl (C=O) groups is 1. The van der Waals surface area contributed by atoms with Gasteiger partial charge in [-0.15, -0.1) is 0 Å². The van der Waals surface area contributed by atoms with Crippen LogP contribution in [0, 0.1) is 0 Å². The van der Waals surface area contributed by atoms with Gasteiger partial charge < -0.3 is 16.0 Å². The molecule has 0 aromatic heterocycles. The van der Waals surface area contributed by atoms with Crippen LogP contribution in [-0.4, -0.2) is 12.6 Å². The van der Waals surface area contributed by atoms with E-state index in [1.165, 1.54) is 11.1 Å². The van der Waals surface area contributed by atoms with Gasteiger partial charge in [0.1, 0.15) is 0 Å². The van der Waals surface area contributed by atoms with E-state index in [0.717, 1.165) is 30.8 Å². The molecule has 21 heavy (non-hydrogen) atoms. The molecule has 0 bridgehead atoms. The number of hydrogen-bond donors (Lipinski definition) is 3. The largest absolute Gasteiger partial charge is 0.334 e. The fraction of sp³-hybridized carbons (Fsp3) is 0.235. The lowest BCUT2D eigenvalue weighted by molar-refractivity contribution is 0.251. The van der Waals surface area contributed by atoms with Crippen LogP contribution in [0.5, 0.6) is 0 Å². The van der Waals surface area contributed by atoms with E-state index in [2.05, 4.69) is 22.0 Å². The molecule has 0 atom stereocenters. The molecule has 2 amide bonds. The molecule has 1 aliphatic rings. The maximum absolute atomic E-state index is 12.0. The van der Waals surface area contributed by atoms with Crippen LogP contribution in [0.4, 0.5) is 10.5 Å². The van der Waals surface area contributed by atoms with Crippen molar-refractivity contribution in [2.75, 3.05) is 11.9 Å². The summed E-state index contributed by atoms with van der Waals surface area (Å²) in [5.41, 5.74) is 4.49. The summed E-state index contributed by atoms with van der Waals surface area (Å²) in [7, 11) is 0. The summed E-state index contributed by atoms with van der Waals surface area (Å²) in [6.07, 6.45) is 1.01. The summed E-state index contributed by atoms with van der Waals surface area (Å²) < 4.78 is 0. The predicted molar refractivity (Wildman–Crippen MR) is 84.2 cm³/mol. The predicted octanol–water partition coefficient (Wildman–Crippen LogP) is 2.65. The van der Waals surface area contributed by atoms with E-state index < -0.39 is 0 Å². The summed E-state index contributed by atoms with van der Waals surface area (Å²) >= 11 is 0. The van der Waals surface area contributed by atoms with E-state index in [1.807, 2.05) is 42.5 Å². The normalized spacial score (nSPS) is 13.3. The van der Waals surface area contributed by atoms with Gasteiger partial charge in [0.25, 0.3) is 0 Å². The van der Waals surface area contributed by atoms with Crippen LogP contribution >= 0.6 is 0 Å². The van der Waals surface area contributed by atoms with Gasteiger partial charge in [-0.25, -0.2) is 4.79 Å². The van der Waals surface area contributed by atoms with Crippen molar-refractivity contribution < 1.29 is 4.79 Å². The van der Waals surface area contributed by atoms with E-state index in [9.17, 15) is 4.79 Å². The molecule has 3 rings (SSSR count). The summed E-state index contributed by atoms with van der Waals surface area (Å²) in [6.45, 7) is 2.33. The molecule has 2 aromatic carbocycles. The number of nitrogens with one attached hydrogen (secondary N) is 3. The zero-order valence-corrected chi connectivity index (χ0v) is 11.9. The zero-order valence-electron chi connectivity index (χ0n) is 11.9. The lowest BCUT2D eigenvalue weighted by Crippen LogP contribution is -2.30. The summed E-state index contributed by atoms with van der Waals surface area (Å²) in [5, 5.41) is 9.17. The third kappa shape index (κ3) is 3.41. The lowest BCUT2D eigenvalue weighted by Gasteiger charge is -2.20. The standard InChI is InChI=1S/C17H19N3O/c21-17(19-11-13-5-2-1-3-6-13)20-16-8-4-7-14-9-10-18-12-15(14)16/h1-8,18H,9-12H2,(H2,19,20,21). The number of carbonyl (C=O) groups excluding carboxylic acids is 1. The molecule has 0 unspecified atom stereocenters. The Bertz CT molecular complexity index is 625. The maximum Gasteiger partial charge on any atom is 0.319 e. The number of anilines is 1. The van der Waals surface area contributed by atoms with Gasteiger partial charge in [0.2, 0.25) is 0 Å². The Morgan fingerprint density at radius 3 is 2.81 bits per heavy atom. The topological polar surface area (TPSA) is 53.2 Å². The van der Waals surface area contributed by atoms with Crippen molar-refractivity contribution in [1.29, 1.82) is 0 Å². The van der Waals surface area contributed by atoms with Gasteiger partial charge in [-0.1, -0.05) is 42.5 Å². The third-order valence-corrected chi connectivity index (χ3v) is 3.69. The summed E-state index contributed by atoms with van der Waals surface area (Å²) in [4.78, 5) is 12.0. The van der Waals surface area contributed by atoms with Crippen LogP contribution in [0.1, 0.15) is 16.7 Å². The van der Waals surface area contributed by atoms with Crippen molar-refractivity contribution in [3.05, 3.63) is 65.2 Å². The van der Waals surface area contributed by atoms with Gasteiger partial charge in [-0.2, -0.15) is 0 Å². The number of fused-ring (bicyclic) bond motifs is 1. The van der Waals surface area contributed by atoms with Crippen molar-refractivity contribution >= 4 is 11.7 Å². The highest BCUT2D eigenvalue weighted by atomic mass is 16.2. The lowest BCUT2D eigenvalue weighted by atomic mass is 9.99. The van der Waals surface area contributed by atoms with E-state index >= 15 is 0 Å². The van der Waals surface area contributed by atoms with Gasteiger partial charge in [-0.3, -0.25) is 0 Å². The first-order valence-electron chi connectivity index (χ1n) is 7.23. The molecule has 3 N–H and O–H groups in total. The number of hydrogen-bond acceptors (Lipinski definition) is 2. The molecular formula is C17H19N3O. The Morgan fingerprint density at radius 2 is 1.95 bits per heavy atom. The fourth-order valence-electron chi connectivity index (χ4n) is 2.58. The first kappa shape index (κ1) is 13.6. The van der Waals surface area contributed by atoms with Gasteiger partial charge >= 0.3 is 6.03 Å². The van der Waals surface area contributed by atoms with Gasteiger partial charge in [0, 0.05) is 18.8 Å². The van der Waals surface area contributed by atoms with Crippen LogP contribution in [-0.2, 0) is 19.5 Å². The van der Waals surface area contributed by atoms with Crippen molar-refractivity contribution in [3.63, 3.8) is 0 Å². The average molecular weight is 281 g/mol. The van der Waals surface area contributed by atoms with Crippen LogP contribution in [0.2, 0.25) is 0 Å². The first-order valence-corrected chi connectivity index (χ1v) is 7.23. The molecule has 2 aromatic rings. The Hall–Kier alpha value is -2.33.